The Kier molecular flexibility index (Phi) is 8.45. The summed E-state index contributed by atoms with van der Waals surface area (Å²) in [5.41, 5.74) is 5.10. The maximum atomic E-state index is 13.3. The molecule has 1 aliphatic carbocycles. The van der Waals surface area contributed by atoms with E-state index in [0.29, 0.717) is 19.4 Å². The molecule has 0 saturated heterocycles. The highest BCUT2D eigenvalue weighted by atomic mass is 16.3. The minimum absolute atomic E-state index is 0.0382. The molecule has 0 unspecified atom stereocenters. The summed E-state index contributed by atoms with van der Waals surface area (Å²) in [5, 5.41) is 19.3. The van der Waals surface area contributed by atoms with Crippen LogP contribution in [0.2, 0.25) is 0 Å². The minimum Gasteiger partial charge on any atom is -0.396 e. The Balaban J connectivity index is 1.70. The first kappa shape index (κ1) is 24.0. The molecule has 1 aromatic heterocycles. The van der Waals surface area contributed by atoms with Gasteiger partial charge in [0, 0.05) is 37.9 Å². The number of aliphatic hydroxyl groups is 1. The summed E-state index contributed by atoms with van der Waals surface area (Å²) in [7, 11) is 1.70. The quantitative estimate of drug-likeness (QED) is 0.553. The molecule has 2 amide bonds. The number of Topliss-reactive ketones (excluding diaryl/α,β-unsaturated/α-hetero) is 1. The topological polar surface area (TPSA) is 98.3 Å². The van der Waals surface area contributed by atoms with Gasteiger partial charge in [-0.15, -0.1) is 0 Å². The molecule has 1 atom stereocenters. The smallest absolute Gasteiger partial charge is 0.317 e. The van der Waals surface area contributed by atoms with E-state index >= 15 is 0 Å². The highest BCUT2D eigenvalue weighted by molar-refractivity contribution is 5.90. The van der Waals surface area contributed by atoms with E-state index in [2.05, 4.69) is 15.5 Å². The number of hydrogen-bond donors (Lipinski definition) is 3. The molecule has 1 aliphatic rings. The number of ketones is 1. The van der Waals surface area contributed by atoms with Crippen LogP contribution >= 0.6 is 0 Å². The van der Waals surface area contributed by atoms with Gasteiger partial charge in [-0.25, -0.2) is 4.79 Å². The number of nitrogens with zero attached hydrogens (tertiary/aromatic N) is 2. The third-order valence-corrected chi connectivity index (χ3v) is 6.49. The van der Waals surface area contributed by atoms with Crippen molar-refractivity contribution in [1.29, 1.82) is 0 Å². The molecule has 1 aromatic carbocycles. The van der Waals surface area contributed by atoms with Crippen LogP contribution < -0.4 is 5.32 Å². The Morgan fingerprint density at radius 1 is 1.19 bits per heavy atom. The second kappa shape index (κ2) is 11.3. The van der Waals surface area contributed by atoms with E-state index < -0.39 is 6.04 Å². The number of carbonyl (C=O) groups is 2. The van der Waals surface area contributed by atoms with Crippen molar-refractivity contribution in [2.24, 2.45) is 5.92 Å². The van der Waals surface area contributed by atoms with Gasteiger partial charge in [0.25, 0.3) is 0 Å². The number of urea groups is 1. The van der Waals surface area contributed by atoms with Crippen molar-refractivity contribution in [1.82, 2.24) is 20.4 Å². The maximum absolute atomic E-state index is 13.3. The molecule has 3 N–H and O–H groups in total. The van der Waals surface area contributed by atoms with E-state index in [1.165, 1.54) is 6.42 Å². The van der Waals surface area contributed by atoms with E-state index in [9.17, 15) is 9.59 Å². The molecule has 0 radical (unpaired) electrons. The number of aromatic amines is 1. The van der Waals surface area contributed by atoms with E-state index in [1.807, 2.05) is 38.1 Å². The van der Waals surface area contributed by atoms with Crippen molar-refractivity contribution >= 4 is 11.8 Å². The second-order valence-electron chi connectivity index (χ2n) is 8.97. The number of benzene rings is 1. The van der Waals surface area contributed by atoms with Crippen LogP contribution in [0, 0.1) is 19.8 Å². The molecular formula is C25H36N4O3. The van der Waals surface area contributed by atoms with Gasteiger partial charge in [0.15, 0.2) is 5.78 Å². The van der Waals surface area contributed by atoms with Gasteiger partial charge in [-0.05, 0) is 50.2 Å². The van der Waals surface area contributed by atoms with Crippen molar-refractivity contribution in [3.05, 3.63) is 41.2 Å². The lowest BCUT2D eigenvalue weighted by atomic mass is 9.81. The summed E-state index contributed by atoms with van der Waals surface area (Å²) in [5.74, 6) is 0.242. The number of hydrogen-bond acceptors (Lipinski definition) is 4. The molecule has 174 valence electrons. The average molecular weight is 441 g/mol. The summed E-state index contributed by atoms with van der Waals surface area (Å²) >= 11 is 0. The van der Waals surface area contributed by atoms with Crippen molar-refractivity contribution in [3.8, 4) is 11.1 Å². The van der Waals surface area contributed by atoms with Crippen molar-refractivity contribution in [3.63, 3.8) is 0 Å². The van der Waals surface area contributed by atoms with Crippen LogP contribution in [0.3, 0.4) is 0 Å². The van der Waals surface area contributed by atoms with E-state index in [1.54, 1.807) is 11.9 Å². The Morgan fingerprint density at radius 3 is 2.47 bits per heavy atom. The van der Waals surface area contributed by atoms with Gasteiger partial charge < -0.3 is 15.3 Å². The fraction of sp³-hybridized carbons (Fsp3) is 0.560. The number of rotatable bonds is 9. The molecule has 1 saturated carbocycles. The predicted octanol–water partition coefficient (Wildman–Crippen LogP) is 3.78. The first-order valence-corrected chi connectivity index (χ1v) is 11.7. The molecule has 7 nitrogen and oxygen atoms in total. The number of nitrogens with one attached hydrogen (secondary N) is 2. The average Bonchev–Trinajstić information content (AvgIpc) is 3.14. The number of aromatic nitrogens is 2. The normalized spacial score (nSPS) is 15.4. The molecule has 0 spiro atoms. The van der Waals surface area contributed by atoms with Crippen LogP contribution in [0.15, 0.2) is 24.3 Å². The van der Waals surface area contributed by atoms with Crippen LogP contribution in [0.1, 0.15) is 55.5 Å². The Bertz CT molecular complexity index is 881. The van der Waals surface area contributed by atoms with Crippen molar-refractivity contribution < 1.29 is 14.7 Å². The van der Waals surface area contributed by atoms with E-state index in [-0.39, 0.29) is 24.3 Å². The monoisotopic (exact) mass is 440 g/mol. The Hall–Kier alpha value is -2.67. The minimum atomic E-state index is -0.475. The SMILES string of the molecule is Cc1n[nH]c(C)c1-c1ccc(CC(=O)[C@@H](NC(=O)N(C)CCCO)C2CCCCC2)cc1. The molecule has 1 fully saturated rings. The molecule has 2 aromatic rings. The van der Waals surface area contributed by atoms with Crippen LogP contribution in [0.4, 0.5) is 4.79 Å². The summed E-state index contributed by atoms with van der Waals surface area (Å²) in [6, 6.07) is 7.33. The number of H-pyrrole nitrogens is 1. The summed E-state index contributed by atoms with van der Waals surface area (Å²) in [4.78, 5) is 27.5. The first-order valence-electron chi connectivity index (χ1n) is 11.7. The van der Waals surface area contributed by atoms with Crippen LogP contribution in [-0.4, -0.2) is 58.3 Å². The molecule has 7 heteroatoms. The molecule has 3 rings (SSSR count). The van der Waals surface area contributed by atoms with Crippen LogP contribution in [-0.2, 0) is 11.2 Å². The largest absolute Gasteiger partial charge is 0.396 e. The van der Waals surface area contributed by atoms with Crippen LogP contribution in [0.25, 0.3) is 11.1 Å². The highest BCUT2D eigenvalue weighted by Crippen LogP contribution is 2.29. The summed E-state index contributed by atoms with van der Waals surface area (Å²) < 4.78 is 0. The van der Waals surface area contributed by atoms with Gasteiger partial charge in [0.2, 0.25) is 0 Å². The lowest BCUT2D eigenvalue weighted by Crippen LogP contribution is -2.51. The summed E-state index contributed by atoms with van der Waals surface area (Å²) in [6.07, 6.45) is 6.14. The van der Waals surface area contributed by atoms with Crippen LogP contribution in [0.5, 0.6) is 0 Å². The zero-order chi connectivity index (χ0) is 23.1. The van der Waals surface area contributed by atoms with Crippen molar-refractivity contribution in [2.75, 3.05) is 20.2 Å². The van der Waals surface area contributed by atoms with E-state index in [4.69, 9.17) is 5.11 Å². The molecule has 1 heterocycles. The zero-order valence-electron chi connectivity index (χ0n) is 19.5. The molecule has 0 aliphatic heterocycles. The molecule has 32 heavy (non-hydrogen) atoms. The standard InChI is InChI=1S/C25H36N4O3/c1-17-23(18(2)28-27-17)20-12-10-19(11-13-20)16-22(31)24(21-8-5-4-6-9-21)26-25(32)29(3)14-7-15-30/h10-13,21,24,30H,4-9,14-16H2,1-3H3,(H,26,32)(H,27,28)/t24-/m0/s1. The fourth-order valence-electron chi connectivity index (χ4n) is 4.66. The number of aliphatic hydroxyl groups excluding tert-OH is 1. The third-order valence-electron chi connectivity index (χ3n) is 6.49. The Labute approximate surface area is 190 Å². The lowest BCUT2D eigenvalue weighted by molar-refractivity contribution is -0.121. The zero-order valence-corrected chi connectivity index (χ0v) is 19.5. The predicted molar refractivity (Wildman–Crippen MR) is 125 cm³/mol. The fourth-order valence-corrected chi connectivity index (χ4v) is 4.66. The second-order valence-corrected chi connectivity index (χ2v) is 8.97. The van der Waals surface area contributed by atoms with Gasteiger partial charge in [0.05, 0.1) is 11.7 Å². The van der Waals surface area contributed by atoms with Gasteiger partial charge in [-0.3, -0.25) is 9.89 Å². The van der Waals surface area contributed by atoms with Gasteiger partial charge in [-0.1, -0.05) is 43.5 Å². The number of aryl methyl sites for hydroxylation is 2. The van der Waals surface area contributed by atoms with Gasteiger partial charge in [0.1, 0.15) is 0 Å². The van der Waals surface area contributed by atoms with Crippen molar-refractivity contribution in [2.45, 2.75) is 64.8 Å². The maximum Gasteiger partial charge on any atom is 0.317 e. The van der Waals surface area contributed by atoms with E-state index in [0.717, 1.165) is 53.8 Å². The highest BCUT2D eigenvalue weighted by Gasteiger charge is 2.31. The van der Waals surface area contributed by atoms with Gasteiger partial charge in [-0.2, -0.15) is 5.10 Å². The number of amides is 2. The molecule has 0 bridgehead atoms. The Morgan fingerprint density at radius 2 is 1.88 bits per heavy atom. The van der Waals surface area contributed by atoms with Gasteiger partial charge >= 0.3 is 6.03 Å². The number of carbonyl (C=O) groups excluding carboxylic acids is 2. The third kappa shape index (κ3) is 5.97. The molecular weight excluding hydrogens is 404 g/mol. The summed E-state index contributed by atoms with van der Waals surface area (Å²) in [6.45, 7) is 4.48. The lowest BCUT2D eigenvalue weighted by Gasteiger charge is -2.31. The first-order chi connectivity index (χ1) is 15.4.